The molecule has 8 nitrogen and oxygen atoms in total. The summed E-state index contributed by atoms with van der Waals surface area (Å²) in [5.41, 5.74) is 0.504. The predicted molar refractivity (Wildman–Crippen MR) is 85.6 cm³/mol. The molecule has 3 heterocycles. The minimum Gasteiger partial charge on any atom is -0.370 e. The monoisotopic (exact) mass is 330 g/mol. The fourth-order valence-electron chi connectivity index (χ4n) is 2.75. The van der Waals surface area contributed by atoms with E-state index in [1.54, 1.807) is 24.2 Å². The summed E-state index contributed by atoms with van der Waals surface area (Å²) < 4.78 is 5.71. The second-order valence-corrected chi connectivity index (χ2v) is 5.67. The Hall–Kier alpha value is -2.74. The number of nitrogens with zero attached hydrogens (tertiary/aromatic N) is 2. The van der Waals surface area contributed by atoms with Gasteiger partial charge in [-0.3, -0.25) is 19.6 Å². The lowest BCUT2D eigenvalue weighted by Crippen LogP contribution is -2.43. The van der Waals surface area contributed by atoms with Crippen molar-refractivity contribution in [2.75, 3.05) is 19.7 Å². The quantitative estimate of drug-likeness (QED) is 0.817. The summed E-state index contributed by atoms with van der Waals surface area (Å²) in [6.07, 6.45) is 3.11. The maximum atomic E-state index is 12.5. The second kappa shape index (κ2) is 6.79. The molecule has 8 heteroatoms. The number of aromatic nitrogens is 3. The van der Waals surface area contributed by atoms with Gasteiger partial charge in [-0.1, -0.05) is 6.07 Å². The van der Waals surface area contributed by atoms with E-state index in [2.05, 4.69) is 15.0 Å². The third-order valence-corrected chi connectivity index (χ3v) is 4.06. The highest BCUT2D eigenvalue weighted by Gasteiger charge is 2.26. The molecular formula is C16H18N4O4. The van der Waals surface area contributed by atoms with Crippen molar-refractivity contribution in [1.82, 2.24) is 19.9 Å². The number of ether oxygens (including phenoxy) is 1. The fraction of sp³-hybridized carbons (Fsp3) is 0.375. The van der Waals surface area contributed by atoms with Crippen molar-refractivity contribution < 1.29 is 9.53 Å². The molecule has 1 aliphatic rings. The van der Waals surface area contributed by atoms with E-state index in [4.69, 9.17) is 4.74 Å². The molecular weight excluding hydrogens is 312 g/mol. The molecule has 2 aromatic rings. The van der Waals surface area contributed by atoms with Gasteiger partial charge >= 0.3 is 5.69 Å². The van der Waals surface area contributed by atoms with E-state index in [1.165, 1.54) is 0 Å². The van der Waals surface area contributed by atoms with Gasteiger partial charge in [-0.25, -0.2) is 4.79 Å². The van der Waals surface area contributed by atoms with Crippen LogP contribution in [0.3, 0.4) is 0 Å². The normalized spacial score (nSPS) is 17.7. The number of amides is 1. The molecule has 0 aliphatic carbocycles. The van der Waals surface area contributed by atoms with Crippen LogP contribution in [0.5, 0.6) is 0 Å². The van der Waals surface area contributed by atoms with Crippen LogP contribution in [0.2, 0.25) is 0 Å². The van der Waals surface area contributed by atoms with Crippen LogP contribution < -0.4 is 11.2 Å². The summed E-state index contributed by atoms with van der Waals surface area (Å²) in [7, 11) is 0. The topological polar surface area (TPSA) is 108 Å². The molecule has 1 saturated heterocycles. The standard InChI is InChI=1S/C16H18N4O4/c1-10-12(15(22)19-16(23)18-10)7-14(21)20-5-6-24-13(9-20)11-3-2-4-17-8-11/h2-4,8,13H,5-7,9H2,1H3,(H2,18,19,22,23)/t13-/m1/s1. The van der Waals surface area contributed by atoms with Gasteiger partial charge in [0.15, 0.2) is 0 Å². The van der Waals surface area contributed by atoms with E-state index in [0.29, 0.717) is 25.4 Å². The summed E-state index contributed by atoms with van der Waals surface area (Å²) in [6.45, 7) is 2.91. The summed E-state index contributed by atoms with van der Waals surface area (Å²) in [5.74, 6) is -0.173. The number of aryl methyl sites for hydroxylation is 1. The molecule has 0 radical (unpaired) electrons. The minimum atomic E-state index is -0.572. The number of pyridine rings is 1. The number of nitrogens with one attached hydrogen (secondary N) is 2. The number of carbonyl (C=O) groups excluding carboxylic acids is 1. The van der Waals surface area contributed by atoms with E-state index < -0.39 is 11.2 Å². The van der Waals surface area contributed by atoms with Crippen molar-refractivity contribution in [1.29, 1.82) is 0 Å². The Kier molecular flexibility index (Phi) is 4.57. The highest BCUT2D eigenvalue weighted by Crippen LogP contribution is 2.21. The zero-order valence-corrected chi connectivity index (χ0v) is 13.2. The van der Waals surface area contributed by atoms with Crippen LogP contribution in [0, 0.1) is 6.92 Å². The zero-order valence-electron chi connectivity index (χ0n) is 13.2. The Morgan fingerprint density at radius 3 is 2.96 bits per heavy atom. The average molecular weight is 330 g/mol. The van der Waals surface area contributed by atoms with Crippen LogP contribution in [-0.2, 0) is 16.0 Å². The van der Waals surface area contributed by atoms with Crippen LogP contribution >= 0.6 is 0 Å². The van der Waals surface area contributed by atoms with E-state index in [0.717, 1.165) is 5.56 Å². The molecule has 24 heavy (non-hydrogen) atoms. The molecule has 1 amide bonds. The first-order chi connectivity index (χ1) is 11.5. The highest BCUT2D eigenvalue weighted by molar-refractivity contribution is 5.79. The lowest BCUT2D eigenvalue weighted by Gasteiger charge is -2.33. The Bertz CT molecular complexity index is 843. The molecule has 1 fully saturated rings. The molecule has 1 atom stereocenters. The smallest absolute Gasteiger partial charge is 0.325 e. The zero-order chi connectivity index (χ0) is 17.1. The molecule has 0 unspecified atom stereocenters. The van der Waals surface area contributed by atoms with Gasteiger partial charge in [-0.2, -0.15) is 0 Å². The van der Waals surface area contributed by atoms with Crippen molar-refractivity contribution in [3.8, 4) is 0 Å². The Balaban J connectivity index is 1.74. The van der Waals surface area contributed by atoms with Crippen molar-refractivity contribution in [2.45, 2.75) is 19.4 Å². The van der Waals surface area contributed by atoms with Crippen LogP contribution in [0.25, 0.3) is 0 Å². The van der Waals surface area contributed by atoms with Crippen LogP contribution in [0.4, 0.5) is 0 Å². The molecule has 126 valence electrons. The first kappa shape index (κ1) is 16.1. The van der Waals surface area contributed by atoms with Gasteiger partial charge < -0.3 is 14.6 Å². The van der Waals surface area contributed by atoms with Gasteiger partial charge in [-0.05, 0) is 13.0 Å². The van der Waals surface area contributed by atoms with Gasteiger partial charge in [0.2, 0.25) is 5.91 Å². The van der Waals surface area contributed by atoms with Gasteiger partial charge in [0.1, 0.15) is 6.10 Å². The third-order valence-electron chi connectivity index (χ3n) is 4.06. The van der Waals surface area contributed by atoms with Gasteiger partial charge in [-0.15, -0.1) is 0 Å². The largest absolute Gasteiger partial charge is 0.370 e. The van der Waals surface area contributed by atoms with E-state index in [9.17, 15) is 14.4 Å². The minimum absolute atomic E-state index is 0.0578. The Labute approximate surface area is 137 Å². The molecule has 0 bridgehead atoms. The molecule has 2 N–H and O–H groups in total. The van der Waals surface area contributed by atoms with Gasteiger partial charge in [0, 0.05) is 35.8 Å². The maximum Gasteiger partial charge on any atom is 0.325 e. The highest BCUT2D eigenvalue weighted by atomic mass is 16.5. The van der Waals surface area contributed by atoms with Crippen molar-refractivity contribution in [3.63, 3.8) is 0 Å². The van der Waals surface area contributed by atoms with Gasteiger partial charge in [0.25, 0.3) is 5.56 Å². The second-order valence-electron chi connectivity index (χ2n) is 5.67. The van der Waals surface area contributed by atoms with E-state index >= 15 is 0 Å². The van der Waals surface area contributed by atoms with Crippen molar-refractivity contribution >= 4 is 5.91 Å². The lowest BCUT2D eigenvalue weighted by atomic mass is 10.1. The predicted octanol–water partition coefficient (Wildman–Crippen LogP) is -0.0908. The van der Waals surface area contributed by atoms with Gasteiger partial charge in [0.05, 0.1) is 19.6 Å². The molecule has 0 saturated carbocycles. The maximum absolute atomic E-state index is 12.5. The molecule has 0 spiro atoms. The number of hydrogen-bond acceptors (Lipinski definition) is 5. The number of aromatic amines is 2. The SMILES string of the molecule is Cc1[nH]c(=O)[nH]c(=O)c1CC(=O)N1CCO[C@@H](c2cccnc2)C1. The summed E-state index contributed by atoms with van der Waals surface area (Å²) in [4.78, 5) is 46.0. The number of carbonyl (C=O) groups is 1. The van der Waals surface area contributed by atoms with Crippen molar-refractivity contribution in [2.24, 2.45) is 0 Å². The lowest BCUT2D eigenvalue weighted by molar-refractivity contribution is -0.138. The molecule has 3 rings (SSSR count). The summed E-state index contributed by atoms with van der Waals surface area (Å²) in [5, 5.41) is 0. The summed E-state index contributed by atoms with van der Waals surface area (Å²) in [6, 6.07) is 3.73. The van der Waals surface area contributed by atoms with E-state index in [1.807, 2.05) is 12.1 Å². The molecule has 2 aromatic heterocycles. The molecule has 0 aromatic carbocycles. The average Bonchev–Trinajstić information content (AvgIpc) is 2.59. The van der Waals surface area contributed by atoms with Crippen molar-refractivity contribution in [3.05, 3.63) is 62.2 Å². The van der Waals surface area contributed by atoms with Crippen LogP contribution in [0.15, 0.2) is 34.1 Å². The Morgan fingerprint density at radius 2 is 2.25 bits per heavy atom. The first-order valence-electron chi connectivity index (χ1n) is 7.66. The number of H-pyrrole nitrogens is 2. The van der Waals surface area contributed by atoms with Crippen LogP contribution in [0.1, 0.15) is 22.9 Å². The Morgan fingerprint density at radius 1 is 1.42 bits per heavy atom. The third kappa shape index (κ3) is 3.43. The summed E-state index contributed by atoms with van der Waals surface area (Å²) >= 11 is 0. The fourth-order valence-corrected chi connectivity index (χ4v) is 2.75. The molecule has 1 aliphatic heterocycles. The number of morpholine rings is 1. The number of hydrogen-bond donors (Lipinski definition) is 2. The van der Waals surface area contributed by atoms with E-state index in [-0.39, 0.29) is 24.0 Å². The van der Waals surface area contributed by atoms with Crippen LogP contribution in [-0.4, -0.2) is 45.5 Å². The number of rotatable bonds is 3. The first-order valence-corrected chi connectivity index (χ1v) is 7.66.